The van der Waals surface area contributed by atoms with Crippen molar-refractivity contribution in [3.63, 3.8) is 0 Å². The summed E-state index contributed by atoms with van der Waals surface area (Å²) in [4.78, 5) is 35.5. The van der Waals surface area contributed by atoms with Crippen LogP contribution in [0.15, 0.2) is 41.0 Å². The van der Waals surface area contributed by atoms with E-state index >= 15 is 0 Å². The molecule has 1 aromatic carbocycles. The van der Waals surface area contributed by atoms with E-state index in [1.54, 1.807) is 19.9 Å². The highest BCUT2D eigenvalue weighted by molar-refractivity contribution is 6.33. The van der Waals surface area contributed by atoms with Crippen molar-refractivity contribution in [3.05, 3.63) is 52.9 Å². The SMILES string of the molecule is CC(C)[C@H](NC(=O)c1ccco1)C(=O)NNc1cc(C(=O)O)ccc1Cl. The van der Waals surface area contributed by atoms with E-state index < -0.39 is 23.8 Å². The van der Waals surface area contributed by atoms with Crippen molar-refractivity contribution in [1.82, 2.24) is 10.7 Å². The van der Waals surface area contributed by atoms with E-state index in [2.05, 4.69) is 16.2 Å². The van der Waals surface area contributed by atoms with Gasteiger partial charge in [0.15, 0.2) is 5.76 Å². The second-order valence-electron chi connectivity index (χ2n) is 5.79. The molecule has 4 N–H and O–H groups in total. The molecule has 1 aromatic heterocycles. The van der Waals surface area contributed by atoms with Gasteiger partial charge in [-0.1, -0.05) is 25.4 Å². The number of hydrazine groups is 1. The molecule has 0 fully saturated rings. The van der Waals surface area contributed by atoms with Gasteiger partial charge in [0.2, 0.25) is 0 Å². The molecule has 2 amide bonds. The van der Waals surface area contributed by atoms with Gasteiger partial charge in [0.1, 0.15) is 6.04 Å². The molecule has 0 aliphatic carbocycles. The summed E-state index contributed by atoms with van der Waals surface area (Å²) in [5, 5.41) is 11.8. The molecule has 0 aliphatic heterocycles. The van der Waals surface area contributed by atoms with E-state index in [4.69, 9.17) is 21.1 Å². The topological polar surface area (TPSA) is 121 Å². The fourth-order valence-corrected chi connectivity index (χ4v) is 2.28. The highest BCUT2D eigenvalue weighted by Crippen LogP contribution is 2.22. The first kappa shape index (κ1) is 19.3. The van der Waals surface area contributed by atoms with Crippen LogP contribution in [0.2, 0.25) is 5.02 Å². The number of halogens is 1. The zero-order valence-corrected chi connectivity index (χ0v) is 14.8. The molecular formula is C17H18ClN3O5. The van der Waals surface area contributed by atoms with Crippen LogP contribution < -0.4 is 16.2 Å². The standard InChI is InChI=1S/C17H18ClN3O5/c1-9(2)14(19-15(22)13-4-3-7-26-13)16(23)21-20-12-8-10(17(24)25)5-6-11(12)18/h3-9,14,20H,1-2H3,(H,19,22)(H,21,23)(H,24,25)/t14-/m0/s1. The molecule has 2 rings (SSSR count). The number of anilines is 1. The lowest BCUT2D eigenvalue weighted by Crippen LogP contribution is -2.51. The predicted molar refractivity (Wildman–Crippen MR) is 95.0 cm³/mol. The van der Waals surface area contributed by atoms with Crippen molar-refractivity contribution in [2.24, 2.45) is 5.92 Å². The number of aromatic carboxylic acids is 1. The number of hydrogen-bond donors (Lipinski definition) is 4. The molecule has 138 valence electrons. The largest absolute Gasteiger partial charge is 0.478 e. The summed E-state index contributed by atoms with van der Waals surface area (Å²) in [7, 11) is 0. The van der Waals surface area contributed by atoms with E-state index in [1.807, 2.05) is 0 Å². The zero-order valence-electron chi connectivity index (χ0n) is 14.1. The number of carboxylic acid groups (broad SMARTS) is 1. The first-order valence-electron chi connectivity index (χ1n) is 7.72. The number of amides is 2. The molecule has 26 heavy (non-hydrogen) atoms. The third-order valence-electron chi connectivity index (χ3n) is 3.51. The van der Waals surface area contributed by atoms with Gasteiger partial charge in [-0.25, -0.2) is 4.79 Å². The molecule has 0 saturated carbocycles. The van der Waals surface area contributed by atoms with Gasteiger partial charge in [-0.2, -0.15) is 0 Å². The van der Waals surface area contributed by atoms with E-state index in [1.165, 1.54) is 30.5 Å². The number of nitrogens with one attached hydrogen (secondary N) is 3. The Labute approximate surface area is 154 Å². The first-order chi connectivity index (χ1) is 12.3. The maximum Gasteiger partial charge on any atom is 0.335 e. The molecule has 0 radical (unpaired) electrons. The van der Waals surface area contributed by atoms with Gasteiger partial charge >= 0.3 is 5.97 Å². The van der Waals surface area contributed by atoms with Gasteiger partial charge in [-0.15, -0.1) is 0 Å². The summed E-state index contributed by atoms with van der Waals surface area (Å²) < 4.78 is 5.00. The van der Waals surface area contributed by atoms with Crippen LogP contribution in [0.25, 0.3) is 0 Å². The molecule has 2 aromatic rings. The van der Waals surface area contributed by atoms with Crippen LogP contribution in [-0.4, -0.2) is 28.9 Å². The molecule has 0 bridgehead atoms. The summed E-state index contributed by atoms with van der Waals surface area (Å²) >= 11 is 5.99. The van der Waals surface area contributed by atoms with Crippen molar-refractivity contribution in [3.8, 4) is 0 Å². The number of carbonyl (C=O) groups excluding carboxylic acids is 2. The molecule has 0 saturated heterocycles. The zero-order chi connectivity index (χ0) is 19.3. The van der Waals surface area contributed by atoms with Crippen LogP contribution >= 0.6 is 11.6 Å². The van der Waals surface area contributed by atoms with Gasteiger partial charge < -0.3 is 14.8 Å². The fourth-order valence-electron chi connectivity index (χ4n) is 2.12. The molecule has 0 spiro atoms. The van der Waals surface area contributed by atoms with Crippen molar-refractivity contribution in [2.75, 3.05) is 5.43 Å². The Hall–Kier alpha value is -3.00. The van der Waals surface area contributed by atoms with Gasteiger partial charge in [0, 0.05) is 0 Å². The average molecular weight is 380 g/mol. The van der Waals surface area contributed by atoms with Crippen LogP contribution in [0, 0.1) is 5.92 Å². The van der Waals surface area contributed by atoms with Gasteiger partial charge in [0.25, 0.3) is 11.8 Å². The van der Waals surface area contributed by atoms with Gasteiger partial charge in [0.05, 0.1) is 22.5 Å². The number of furan rings is 1. The highest BCUT2D eigenvalue weighted by Gasteiger charge is 2.25. The normalized spacial score (nSPS) is 11.7. The minimum absolute atomic E-state index is 0.0117. The number of carbonyl (C=O) groups is 3. The highest BCUT2D eigenvalue weighted by atomic mass is 35.5. The summed E-state index contributed by atoms with van der Waals surface area (Å²) in [6, 6.07) is 6.24. The van der Waals surface area contributed by atoms with Crippen molar-refractivity contribution >= 4 is 35.1 Å². The number of hydrogen-bond acceptors (Lipinski definition) is 5. The van der Waals surface area contributed by atoms with E-state index in [-0.39, 0.29) is 28.0 Å². The Morgan fingerprint density at radius 2 is 1.92 bits per heavy atom. The minimum Gasteiger partial charge on any atom is -0.478 e. The van der Waals surface area contributed by atoms with Crippen molar-refractivity contribution < 1.29 is 23.9 Å². The summed E-state index contributed by atoms with van der Waals surface area (Å²) in [5.74, 6) is -2.28. The number of carboxylic acids is 1. The van der Waals surface area contributed by atoms with E-state index in [0.717, 1.165) is 0 Å². The molecular weight excluding hydrogens is 362 g/mol. The van der Waals surface area contributed by atoms with Crippen LogP contribution in [0.1, 0.15) is 34.8 Å². The molecule has 1 heterocycles. The van der Waals surface area contributed by atoms with E-state index in [0.29, 0.717) is 0 Å². The van der Waals surface area contributed by atoms with Crippen LogP contribution in [-0.2, 0) is 4.79 Å². The second-order valence-corrected chi connectivity index (χ2v) is 6.19. The van der Waals surface area contributed by atoms with Crippen molar-refractivity contribution in [2.45, 2.75) is 19.9 Å². The number of rotatable bonds is 7. The predicted octanol–water partition coefficient (Wildman–Crippen LogP) is 2.53. The molecule has 0 aliphatic rings. The molecule has 9 heteroatoms. The Morgan fingerprint density at radius 1 is 1.19 bits per heavy atom. The minimum atomic E-state index is -1.12. The van der Waals surface area contributed by atoms with Gasteiger partial charge in [-0.05, 0) is 36.2 Å². The summed E-state index contributed by atoms with van der Waals surface area (Å²) in [6.07, 6.45) is 1.36. The first-order valence-corrected chi connectivity index (χ1v) is 8.10. The Morgan fingerprint density at radius 3 is 2.50 bits per heavy atom. The second kappa shape index (κ2) is 8.39. The molecule has 1 atom stereocenters. The summed E-state index contributed by atoms with van der Waals surface area (Å²) in [6.45, 7) is 3.54. The van der Waals surface area contributed by atoms with Gasteiger partial charge in [-0.3, -0.25) is 20.4 Å². The smallest absolute Gasteiger partial charge is 0.335 e. The average Bonchev–Trinajstić information content (AvgIpc) is 3.12. The molecule has 8 nitrogen and oxygen atoms in total. The lowest BCUT2D eigenvalue weighted by molar-refractivity contribution is -0.123. The quantitative estimate of drug-likeness (QED) is 0.548. The third-order valence-corrected chi connectivity index (χ3v) is 3.84. The third kappa shape index (κ3) is 4.76. The lowest BCUT2D eigenvalue weighted by atomic mass is 10.0. The van der Waals surface area contributed by atoms with Crippen LogP contribution in [0.5, 0.6) is 0 Å². The Bertz CT molecular complexity index is 805. The van der Waals surface area contributed by atoms with Crippen molar-refractivity contribution in [1.29, 1.82) is 0 Å². The monoisotopic (exact) mass is 379 g/mol. The van der Waals surface area contributed by atoms with Crippen LogP contribution in [0.3, 0.4) is 0 Å². The Kier molecular flexibility index (Phi) is 6.24. The van der Waals surface area contributed by atoms with Crippen LogP contribution in [0.4, 0.5) is 5.69 Å². The summed E-state index contributed by atoms with van der Waals surface area (Å²) in [5.41, 5.74) is 5.24. The number of benzene rings is 1. The fraction of sp³-hybridized carbons (Fsp3) is 0.235. The lowest BCUT2D eigenvalue weighted by Gasteiger charge is -2.22. The maximum absolute atomic E-state index is 12.4. The Balaban J connectivity index is 2.05. The maximum atomic E-state index is 12.4. The van der Waals surface area contributed by atoms with E-state index in [9.17, 15) is 14.4 Å². The molecule has 0 unspecified atom stereocenters.